The number of thiophene rings is 1. The molecule has 0 saturated carbocycles. The lowest BCUT2D eigenvalue weighted by Gasteiger charge is -2.32. The van der Waals surface area contributed by atoms with Crippen molar-refractivity contribution >= 4 is 29.0 Å². The summed E-state index contributed by atoms with van der Waals surface area (Å²) in [6.45, 7) is 3.00. The van der Waals surface area contributed by atoms with Crippen molar-refractivity contribution in [1.29, 1.82) is 0 Å². The van der Waals surface area contributed by atoms with Gasteiger partial charge in [-0.15, -0.1) is 11.3 Å². The molecule has 1 aliphatic rings. The standard InChI is InChI=1S/C14H17NO2S2/c1-11-9-18-7-5-15(11)14(17)12-8-13(19-10-12)4-2-3-6-16/h8,10-11,16H,3,5-7,9H2,1H3. The molecular formula is C14H17NO2S2. The molecule has 0 bridgehead atoms. The fraction of sp³-hybridized carbons (Fsp3) is 0.500. The summed E-state index contributed by atoms with van der Waals surface area (Å²) in [7, 11) is 0. The van der Waals surface area contributed by atoms with Crippen LogP contribution in [-0.4, -0.2) is 46.6 Å². The highest BCUT2D eigenvalue weighted by atomic mass is 32.2. The number of carbonyl (C=O) groups excluding carboxylic acids is 1. The first kappa shape index (κ1) is 14.4. The first-order valence-corrected chi connectivity index (χ1v) is 8.33. The number of aliphatic hydroxyl groups excluding tert-OH is 1. The molecule has 0 radical (unpaired) electrons. The zero-order chi connectivity index (χ0) is 13.7. The third-order valence-electron chi connectivity index (χ3n) is 2.92. The summed E-state index contributed by atoms with van der Waals surface area (Å²) in [6.07, 6.45) is 0.474. The van der Waals surface area contributed by atoms with Crippen LogP contribution in [0.1, 0.15) is 28.6 Å². The molecule has 1 fully saturated rings. The van der Waals surface area contributed by atoms with E-state index in [1.807, 2.05) is 28.1 Å². The Labute approximate surface area is 122 Å². The smallest absolute Gasteiger partial charge is 0.255 e. The summed E-state index contributed by atoms with van der Waals surface area (Å²) in [4.78, 5) is 15.2. The van der Waals surface area contributed by atoms with Crippen molar-refractivity contribution in [2.45, 2.75) is 19.4 Å². The molecule has 1 N–H and O–H groups in total. The zero-order valence-corrected chi connectivity index (χ0v) is 12.5. The Morgan fingerprint density at radius 2 is 2.47 bits per heavy atom. The molecule has 5 heteroatoms. The van der Waals surface area contributed by atoms with E-state index in [0.29, 0.717) is 12.5 Å². The number of nitrogens with zero attached hydrogens (tertiary/aromatic N) is 1. The normalized spacial score (nSPS) is 18.8. The van der Waals surface area contributed by atoms with E-state index in [0.717, 1.165) is 28.5 Å². The Kier molecular flexibility index (Phi) is 5.32. The monoisotopic (exact) mass is 295 g/mol. The zero-order valence-electron chi connectivity index (χ0n) is 10.9. The van der Waals surface area contributed by atoms with E-state index in [4.69, 9.17) is 5.11 Å². The molecule has 1 amide bonds. The van der Waals surface area contributed by atoms with E-state index in [9.17, 15) is 4.79 Å². The maximum absolute atomic E-state index is 12.4. The number of amides is 1. The van der Waals surface area contributed by atoms with Crippen LogP contribution in [0, 0.1) is 11.8 Å². The van der Waals surface area contributed by atoms with Crippen LogP contribution in [0.2, 0.25) is 0 Å². The molecular weight excluding hydrogens is 278 g/mol. The molecule has 2 heterocycles. The summed E-state index contributed by atoms with van der Waals surface area (Å²) < 4.78 is 0. The number of carbonyl (C=O) groups is 1. The van der Waals surface area contributed by atoms with Gasteiger partial charge in [0.05, 0.1) is 17.0 Å². The lowest BCUT2D eigenvalue weighted by molar-refractivity contribution is 0.0716. The van der Waals surface area contributed by atoms with E-state index in [2.05, 4.69) is 18.8 Å². The van der Waals surface area contributed by atoms with Gasteiger partial charge in [-0.25, -0.2) is 0 Å². The van der Waals surface area contributed by atoms with Gasteiger partial charge in [-0.05, 0) is 13.0 Å². The van der Waals surface area contributed by atoms with Gasteiger partial charge in [0.15, 0.2) is 0 Å². The van der Waals surface area contributed by atoms with Crippen LogP contribution in [-0.2, 0) is 0 Å². The van der Waals surface area contributed by atoms with Crippen LogP contribution >= 0.6 is 23.1 Å². The van der Waals surface area contributed by atoms with Crippen molar-refractivity contribution < 1.29 is 9.90 Å². The van der Waals surface area contributed by atoms with Crippen molar-refractivity contribution in [3.05, 3.63) is 21.9 Å². The highest BCUT2D eigenvalue weighted by Gasteiger charge is 2.24. The Balaban J connectivity index is 2.05. The van der Waals surface area contributed by atoms with Crippen molar-refractivity contribution in [2.75, 3.05) is 24.7 Å². The van der Waals surface area contributed by atoms with E-state index in [-0.39, 0.29) is 12.5 Å². The first-order valence-electron chi connectivity index (χ1n) is 6.29. The minimum atomic E-state index is 0.0765. The van der Waals surface area contributed by atoms with Gasteiger partial charge in [0, 0.05) is 35.9 Å². The summed E-state index contributed by atoms with van der Waals surface area (Å²) in [5, 5.41) is 10.5. The Hall–Kier alpha value is -0.960. The average molecular weight is 295 g/mol. The third-order valence-corrected chi connectivity index (χ3v) is 4.96. The molecule has 1 atom stereocenters. The highest BCUT2D eigenvalue weighted by molar-refractivity contribution is 7.99. The predicted molar refractivity (Wildman–Crippen MR) is 80.7 cm³/mol. The average Bonchev–Trinajstić information content (AvgIpc) is 2.88. The molecule has 1 saturated heterocycles. The van der Waals surface area contributed by atoms with Crippen LogP contribution in [0.3, 0.4) is 0 Å². The van der Waals surface area contributed by atoms with Gasteiger partial charge in [0.25, 0.3) is 5.91 Å². The molecule has 0 aromatic carbocycles. The molecule has 0 spiro atoms. The van der Waals surface area contributed by atoms with Crippen LogP contribution in [0.15, 0.2) is 11.4 Å². The Morgan fingerprint density at radius 3 is 3.21 bits per heavy atom. The number of hydrogen-bond donors (Lipinski definition) is 1. The van der Waals surface area contributed by atoms with Crippen LogP contribution in [0.5, 0.6) is 0 Å². The maximum Gasteiger partial charge on any atom is 0.255 e. The van der Waals surface area contributed by atoms with Crippen LogP contribution < -0.4 is 0 Å². The second-order valence-electron chi connectivity index (χ2n) is 4.40. The minimum Gasteiger partial charge on any atom is -0.395 e. The predicted octanol–water partition coefficient (Wildman–Crippen LogP) is 2.06. The Bertz CT molecular complexity index is 501. The van der Waals surface area contributed by atoms with E-state index in [1.54, 1.807) is 0 Å². The van der Waals surface area contributed by atoms with Gasteiger partial charge in [0.2, 0.25) is 0 Å². The molecule has 1 unspecified atom stereocenters. The number of thioether (sulfide) groups is 1. The molecule has 1 aliphatic heterocycles. The van der Waals surface area contributed by atoms with Gasteiger partial charge in [-0.1, -0.05) is 11.8 Å². The van der Waals surface area contributed by atoms with E-state index in [1.165, 1.54) is 11.3 Å². The molecule has 0 aliphatic carbocycles. The quantitative estimate of drug-likeness (QED) is 0.849. The minimum absolute atomic E-state index is 0.0765. The Morgan fingerprint density at radius 1 is 1.63 bits per heavy atom. The summed E-state index contributed by atoms with van der Waals surface area (Å²) in [5.41, 5.74) is 0.733. The van der Waals surface area contributed by atoms with Gasteiger partial charge in [0.1, 0.15) is 0 Å². The molecule has 1 aromatic rings. The number of rotatable bonds is 2. The van der Waals surface area contributed by atoms with Crippen molar-refractivity contribution in [3.8, 4) is 11.8 Å². The molecule has 19 heavy (non-hydrogen) atoms. The van der Waals surface area contributed by atoms with Crippen LogP contribution in [0.4, 0.5) is 0 Å². The fourth-order valence-electron chi connectivity index (χ4n) is 1.91. The number of aliphatic hydroxyl groups is 1. The number of hydrogen-bond acceptors (Lipinski definition) is 4. The lowest BCUT2D eigenvalue weighted by Crippen LogP contribution is -2.44. The van der Waals surface area contributed by atoms with Crippen molar-refractivity contribution in [1.82, 2.24) is 4.90 Å². The van der Waals surface area contributed by atoms with Crippen molar-refractivity contribution in [2.24, 2.45) is 0 Å². The lowest BCUT2D eigenvalue weighted by atomic mass is 10.2. The molecule has 1 aromatic heterocycles. The van der Waals surface area contributed by atoms with Gasteiger partial charge >= 0.3 is 0 Å². The van der Waals surface area contributed by atoms with Gasteiger partial charge in [-0.3, -0.25) is 4.79 Å². The largest absolute Gasteiger partial charge is 0.395 e. The van der Waals surface area contributed by atoms with Gasteiger partial charge < -0.3 is 10.0 Å². The fourth-order valence-corrected chi connectivity index (χ4v) is 3.68. The topological polar surface area (TPSA) is 40.5 Å². The van der Waals surface area contributed by atoms with Gasteiger partial charge in [-0.2, -0.15) is 11.8 Å². The second kappa shape index (κ2) is 6.99. The van der Waals surface area contributed by atoms with E-state index >= 15 is 0 Å². The summed E-state index contributed by atoms with van der Waals surface area (Å²) in [6, 6.07) is 2.15. The second-order valence-corrected chi connectivity index (χ2v) is 6.46. The highest BCUT2D eigenvalue weighted by Crippen LogP contribution is 2.21. The first-order chi connectivity index (χ1) is 9.22. The molecule has 3 nitrogen and oxygen atoms in total. The molecule has 2 rings (SSSR count). The molecule has 102 valence electrons. The maximum atomic E-state index is 12.4. The SMILES string of the molecule is CC1CSCCN1C(=O)c1csc(C#CCCO)c1. The van der Waals surface area contributed by atoms with Crippen LogP contribution in [0.25, 0.3) is 0 Å². The summed E-state index contributed by atoms with van der Waals surface area (Å²) in [5.74, 6) is 7.98. The summed E-state index contributed by atoms with van der Waals surface area (Å²) >= 11 is 3.39. The third kappa shape index (κ3) is 3.75. The van der Waals surface area contributed by atoms with Crippen molar-refractivity contribution in [3.63, 3.8) is 0 Å². The van der Waals surface area contributed by atoms with E-state index < -0.39 is 0 Å².